The fourth-order valence-electron chi connectivity index (χ4n) is 11.1. The summed E-state index contributed by atoms with van der Waals surface area (Å²) in [5.74, 6) is 3.89. The van der Waals surface area contributed by atoms with Gasteiger partial charge in [-0.2, -0.15) is 0 Å². The van der Waals surface area contributed by atoms with Crippen LogP contribution in [0.2, 0.25) is 0 Å². The van der Waals surface area contributed by atoms with Crippen LogP contribution in [-0.2, 0) is 9.47 Å². The van der Waals surface area contributed by atoms with Gasteiger partial charge in [0.05, 0.1) is 11.1 Å². The van der Waals surface area contributed by atoms with E-state index in [4.69, 9.17) is 9.47 Å². The molecule has 2 aromatic carbocycles. The second-order valence-electron chi connectivity index (χ2n) is 16.2. The van der Waals surface area contributed by atoms with Crippen molar-refractivity contribution >= 4 is 11.9 Å². The molecule has 0 radical (unpaired) electrons. The molecule has 0 saturated heterocycles. The van der Waals surface area contributed by atoms with Crippen molar-refractivity contribution in [1.82, 2.24) is 0 Å². The molecular formula is C41H56O4. The van der Waals surface area contributed by atoms with Gasteiger partial charge < -0.3 is 9.47 Å². The highest BCUT2D eigenvalue weighted by Crippen LogP contribution is 2.69. The molecule has 0 bridgehead atoms. The number of ether oxygens (including phenoxy) is 2. The van der Waals surface area contributed by atoms with Crippen LogP contribution in [0.1, 0.15) is 126 Å². The Bertz CT molecular complexity index is 1310. The molecule has 4 nitrogen and oxygen atoms in total. The normalized spacial score (nSPS) is 36.4. The number of carbonyl (C=O) groups is 2. The molecule has 10 atom stereocenters. The summed E-state index contributed by atoms with van der Waals surface area (Å²) in [5, 5.41) is 0. The zero-order chi connectivity index (χ0) is 31.8. The minimum Gasteiger partial charge on any atom is -0.459 e. The van der Waals surface area contributed by atoms with Crippen molar-refractivity contribution in [2.45, 2.75) is 117 Å². The largest absolute Gasteiger partial charge is 0.459 e. The average Bonchev–Trinajstić information content (AvgIpc) is 3.33. The van der Waals surface area contributed by atoms with Gasteiger partial charge in [-0.25, -0.2) is 9.59 Å². The van der Waals surface area contributed by atoms with Crippen molar-refractivity contribution in [1.29, 1.82) is 0 Å². The lowest BCUT2D eigenvalue weighted by atomic mass is 9.44. The van der Waals surface area contributed by atoms with Crippen molar-refractivity contribution in [2.24, 2.45) is 52.3 Å². The molecule has 0 heterocycles. The van der Waals surface area contributed by atoms with E-state index >= 15 is 0 Å². The molecule has 4 saturated carbocycles. The van der Waals surface area contributed by atoms with Gasteiger partial charge in [0.1, 0.15) is 12.2 Å². The van der Waals surface area contributed by atoms with E-state index < -0.39 is 0 Å². The lowest BCUT2D eigenvalue weighted by Gasteiger charge is -2.61. The third kappa shape index (κ3) is 6.37. The average molecular weight is 613 g/mol. The van der Waals surface area contributed by atoms with Gasteiger partial charge in [0.2, 0.25) is 0 Å². The number of hydrogen-bond donors (Lipinski definition) is 0. The second-order valence-corrected chi connectivity index (χ2v) is 16.2. The SMILES string of the molecule is CC(C)CCC[C@@H](C)[C@H]1[C@@H](OC(=O)c2ccccc2)C[C@H]2[C@@H]3CC[C@@H]4C[C@@H](OC(=O)c5ccccc5)CC[C@]4(C)[C@H]3CC[C@]12C. The monoisotopic (exact) mass is 612 g/mol. The molecule has 0 aliphatic heterocycles. The number of rotatable bonds is 9. The second kappa shape index (κ2) is 13.2. The number of carbonyl (C=O) groups excluding carboxylic acids is 2. The molecule has 0 N–H and O–H groups in total. The van der Waals surface area contributed by atoms with E-state index in [1.165, 1.54) is 44.9 Å². The highest BCUT2D eigenvalue weighted by atomic mass is 16.5. The maximum atomic E-state index is 13.4. The summed E-state index contributed by atoms with van der Waals surface area (Å²) >= 11 is 0. The first kappa shape index (κ1) is 32.3. The molecule has 4 heteroatoms. The van der Waals surface area contributed by atoms with Crippen LogP contribution in [-0.4, -0.2) is 24.1 Å². The molecule has 2 aromatic rings. The summed E-state index contributed by atoms with van der Waals surface area (Å²) in [6.45, 7) is 12.2. The molecular weight excluding hydrogens is 556 g/mol. The van der Waals surface area contributed by atoms with E-state index in [-0.39, 0.29) is 35.0 Å². The zero-order valence-corrected chi connectivity index (χ0v) is 28.4. The van der Waals surface area contributed by atoms with Crippen LogP contribution in [0.25, 0.3) is 0 Å². The first-order chi connectivity index (χ1) is 21.6. The van der Waals surface area contributed by atoms with Crippen LogP contribution in [0.15, 0.2) is 60.7 Å². The van der Waals surface area contributed by atoms with Gasteiger partial charge in [0, 0.05) is 5.92 Å². The summed E-state index contributed by atoms with van der Waals surface area (Å²) in [6, 6.07) is 19.0. The zero-order valence-electron chi connectivity index (χ0n) is 28.4. The molecule has 45 heavy (non-hydrogen) atoms. The van der Waals surface area contributed by atoms with Crippen LogP contribution in [0.4, 0.5) is 0 Å². The number of benzene rings is 2. The number of fused-ring (bicyclic) bond motifs is 5. The number of esters is 2. The molecule has 0 unspecified atom stereocenters. The quantitative estimate of drug-likeness (QED) is 0.264. The van der Waals surface area contributed by atoms with Crippen molar-refractivity contribution in [3.05, 3.63) is 71.8 Å². The van der Waals surface area contributed by atoms with Crippen LogP contribution in [0.3, 0.4) is 0 Å². The van der Waals surface area contributed by atoms with Crippen molar-refractivity contribution in [3.63, 3.8) is 0 Å². The number of hydrogen-bond acceptors (Lipinski definition) is 4. The van der Waals surface area contributed by atoms with E-state index in [0.717, 1.165) is 31.6 Å². The first-order valence-corrected chi connectivity index (χ1v) is 18.1. The predicted octanol–water partition coefficient (Wildman–Crippen LogP) is 10.2. The minimum absolute atomic E-state index is 0.0147. The van der Waals surface area contributed by atoms with Crippen LogP contribution in [0.5, 0.6) is 0 Å². The summed E-state index contributed by atoms with van der Waals surface area (Å²) in [7, 11) is 0. The molecule has 4 aliphatic rings. The standard InChI is InChI=1S/C41H56O4/c1-27(2)13-12-14-28(3)37-36(45-39(43)30-17-10-7-11-18-30)26-35-33-20-19-31-25-32(44-38(42)29-15-8-6-9-16-29)21-23-40(31,4)34(33)22-24-41(35,37)5/h6-11,15-18,27-28,31-37H,12-14,19-26H2,1-5H3/t28-,31-,32+,33-,34+,35+,36+,37+,40+,41+/m1/s1. The van der Waals surface area contributed by atoms with E-state index in [1.807, 2.05) is 60.7 Å². The Morgan fingerprint density at radius 2 is 1.36 bits per heavy atom. The van der Waals surface area contributed by atoms with E-state index in [2.05, 4.69) is 34.6 Å². The minimum atomic E-state index is -0.179. The van der Waals surface area contributed by atoms with Gasteiger partial charge in [0.25, 0.3) is 0 Å². The topological polar surface area (TPSA) is 52.6 Å². The molecule has 4 aliphatic carbocycles. The van der Waals surface area contributed by atoms with E-state index in [0.29, 0.717) is 46.6 Å². The molecule has 6 rings (SSSR count). The molecule has 4 fully saturated rings. The molecule has 244 valence electrons. The summed E-state index contributed by atoms with van der Waals surface area (Å²) in [6.07, 6.45) is 12.8. The third-order valence-corrected chi connectivity index (χ3v) is 13.3. The van der Waals surface area contributed by atoms with E-state index in [9.17, 15) is 9.59 Å². The predicted molar refractivity (Wildman–Crippen MR) is 180 cm³/mol. The first-order valence-electron chi connectivity index (χ1n) is 18.1. The fraction of sp³-hybridized carbons (Fsp3) is 0.659. The van der Waals surface area contributed by atoms with Crippen molar-refractivity contribution in [3.8, 4) is 0 Å². The fourth-order valence-corrected chi connectivity index (χ4v) is 11.1. The van der Waals surface area contributed by atoms with Crippen molar-refractivity contribution < 1.29 is 19.1 Å². The highest BCUT2D eigenvalue weighted by Gasteiger charge is 2.63. The van der Waals surface area contributed by atoms with Gasteiger partial charge >= 0.3 is 11.9 Å². The lowest BCUT2D eigenvalue weighted by Crippen LogP contribution is -2.54. The maximum absolute atomic E-state index is 13.4. The summed E-state index contributed by atoms with van der Waals surface area (Å²) in [5.41, 5.74) is 1.81. The van der Waals surface area contributed by atoms with Crippen LogP contribution >= 0.6 is 0 Å². The molecule has 0 spiro atoms. The summed E-state index contributed by atoms with van der Waals surface area (Å²) < 4.78 is 12.6. The molecule has 0 aromatic heterocycles. The Hall–Kier alpha value is -2.62. The third-order valence-electron chi connectivity index (χ3n) is 13.3. The van der Waals surface area contributed by atoms with Gasteiger partial charge in [-0.3, -0.25) is 0 Å². The Balaban J connectivity index is 1.19. The Labute approximate surface area is 272 Å². The Kier molecular flexibility index (Phi) is 9.51. The van der Waals surface area contributed by atoms with Crippen LogP contribution < -0.4 is 0 Å². The van der Waals surface area contributed by atoms with Crippen LogP contribution in [0, 0.1) is 52.3 Å². The van der Waals surface area contributed by atoms with Gasteiger partial charge in [0.15, 0.2) is 0 Å². The van der Waals surface area contributed by atoms with Gasteiger partial charge in [-0.15, -0.1) is 0 Å². The van der Waals surface area contributed by atoms with E-state index in [1.54, 1.807) is 0 Å². The Morgan fingerprint density at radius 1 is 0.733 bits per heavy atom. The summed E-state index contributed by atoms with van der Waals surface area (Å²) in [4.78, 5) is 26.3. The smallest absolute Gasteiger partial charge is 0.338 e. The highest BCUT2D eigenvalue weighted by molar-refractivity contribution is 5.89. The lowest BCUT2D eigenvalue weighted by molar-refractivity contribution is -0.131. The molecule has 0 amide bonds. The van der Waals surface area contributed by atoms with Gasteiger partial charge in [-0.05, 0) is 122 Å². The maximum Gasteiger partial charge on any atom is 0.338 e. The Morgan fingerprint density at radius 3 is 2.00 bits per heavy atom. The van der Waals surface area contributed by atoms with Crippen molar-refractivity contribution in [2.75, 3.05) is 0 Å². The van der Waals surface area contributed by atoms with Gasteiger partial charge in [-0.1, -0.05) is 90.3 Å².